The van der Waals surface area contributed by atoms with E-state index in [0.29, 0.717) is 17.0 Å². The number of benzene rings is 3. The third-order valence-corrected chi connectivity index (χ3v) is 7.17. The van der Waals surface area contributed by atoms with Gasteiger partial charge in [0.2, 0.25) is 5.78 Å². The van der Waals surface area contributed by atoms with Crippen LogP contribution >= 0.6 is 0 Å². The molecule has 0 amide bonds. The van der Waals surface area contributed by atoms with E-state index >= 15 is 0 Å². The fraction of sp³-hybridized carbons (Fsp3) is 0.147. The van der Waals surface area contributed by atoms with Crippen LogP contribution in [0.1, 0.15) is 33.4 Å². The van der Waals surface area contributed by atoms with Crippen LogP contribution in [0.5, 0.6) is 11.5 Å². The summed E-state index contributed by atoms with van der Waals surface area (Å²) in [4.78, 5) is 25.3. The number of pyridine rings is 2. The smallest absolute Gasteiger partial charge is 0.213 e. The number of hydrogen-bond acceptors (Lipinski definition) is 6. The number of para-hydroxylation sites is 1. The second-order valence-electron chi connectivity index (χ2n) is 9.87. The number of ketones is 1. The van der Waals surface area contributed by atoms with E-state index in [1.165, 1.54) is 5.56 Å². The molecule has 6 heteroatoms. The molecule has 40 heavy (non-hydrogen) atoms. The largest absolute Gasteiger partial charge is 0.457 e. The predicted molar refractivity (Wildman–Crippen MR) is 158 cm³/mol. The van der Waals surface area contributed by atoms with E-state index in [-0.39, 0.29) is 11.8 Å². The average Bonchev–Trinajstić information content (AvgIpc) is 3.02. The van der Waals surface area contributed by atoms with Crippen LogP contribution < -0.4 is 15.0 Å². The fourth-order valence-corrected chi connectivity index (χ4v) is 4.99. The lowest BCUT2D eigenvalue weighted by Gasteiger charge is -2.35. The second-order valence-corrected chi connectivity index (χ2v) is 9.87. The molecule has 6 nitrogen and oxygen atoms in total. The van der Waals surface area contributed by atoms with Crippen LogP contribution in [0, 0.1) is 6.92 Å². The van der Waals surface area contributed by atoms with Gasteiger partial charge < -0.3 is 15.0 Å². The molecule has 1 saturated heterocycles. The molecular weight excluding hydrogens is 496 g/mol. The number of piperazine rings is 1. The number of carbonyl (C=O) groups excluding carboxylic acids is 1. The van der Waals surface area contributed by atoms with Gasteiger partial charge in [-0.15, -0.1) is 0 Å². The average molecular weight is 527 g/mol. The van der Waals surface area contributed by atoms with Crippen LogP contribution in [0.2, 0.25) is 0 Å². The lowest BCUT2D eigenvalue weighted by molar-refractivity contribution is 0.103. The van der Waals surface area contributed by atoms with Crippen molar-refractivity contribution in [3.05, 3.63) is 138 Å². The zero-order valence-electron chi connectivity index (χ0n) is 22.3. The number of carbonyl (C=O) groups is 1. The van der Waals surface area contributed by atoms with Crippen molar-refractivity contribution in [2.45, 2.75) is 13.0 Å². The minimum atomic E-state index is -0.132. The first-order valence-corrected chi connectivity index (χ1v) is 13.5. The van der Waals surface area contributed by atoms with E-state index in [1.54, 1.807) is 12.3 Å². The highest BCUT2D eigenvalue weighted by Crippen LogP contribution is 2.28. The van der Waals surface area contributed by atoms with Gasteiger partial charge in [0, 0.05) is 48.7 Å². The third-order valence-electron chi connectivity index (χ3n) is 7.17. The SMILES string of the molecule is Cc1ncc(-c2ccc(Oc3ccccc3)cc2)cc1C(=O)c1cccc(N2CCNC(c3ccccc3)C2)n1. The van der Waals surface area contributed by atoms with Gasteiger partial charge in [-0.1, -0.05) is 66.7 Å². The monoisotopic (exact) mass is 526 g/mol. The third kappa shape index (κ3) is 5.63. The molecule has 198 valence electrons. The van der Waals surface area contributed by atoms with Gasteiger partial charge in [0.15, 0.2) is 0 Å². The Bertz CT molecular complexity index is 1600. The lowest BCUT2D eigenvalue weighted by atomic mass is 10.0. The summed E-state index contributed by atoms with van der Waals surface area (Å²) in [6.45, 7) is 4.32. The molecule has 0 spiro atoms. The summed E-state index contributed by atoms with van der Waals surface area (Å²) in [6.07, 6.45) is 1.80. The Morgan fingerprint density at radius 1 is 0.850 bits per heavy atom. The van der Waals surface area contributed by atoms with E-state index in [1.807, 2.05) is 85.8 Å². The van der Waals surface area contributed by atoms with Gasteiger partial charge >= 0.3 is 0 Å². The zero-order chi connectivity index (χ0) is 27.3. The van der Waals surface area contributed by atoms with Crippen LogP contribution in [0.4, 0.5) is 5.82 Å². The highest BCUT2D eigenvalue weighted by Gasteiger charge is 2.23. The quantitative estimate of drug-likeness (QED) is 0.240. The number of nitrogens with zero attached hydrogens (tertiary/aromatic N) is 3. The Morgan fingerprint density at radius 3 is 2.35 bits per heavy atom. The van der Waals surface area contributed by atoms with Crippen LogP contribution in [0.3, 0.4) is 0 Å². The van der Waals surface area contributed by atoms with Crippen molar-refractivity contribution in [1.82, 2.24) is 15.3 Å². The highest BCUT2D eigenvalue weighted by atomic mass is 16.5. The van der Waals surface area contributed by atoms with E-state index < -0.39 is 0 Å². The maximum Gasteiger partial charge on any atom is 0.213 e. The van der Waals surface area contributed by atoms with Crippen molar-refractivity contribution in [3.8, 4) is 22.6 Å². The van der Waals surface area contributed by atoms with Gasteiger partial charge in [-0.05, 0) is 60.5 Å². The minimum absolute atomic E-state index is 0.132. The lowest BCUT2D eigenvalue weighted by Crippen LogP contribution is -2.46. The standard InChI is InChI=1S/C34H30N4O2/c1-24-30(21-27(22-36-24)25-15-17-29(18-16-25)40-28-11-6-3-7-12-28)34(39)31-13-8-14-33(37-31)38-20-19-35-32(23-38)26-9-4-2-5-10-26/h2-18,21-22,32,35H,19-20,23H2,1H3. The molecule has 1 aliphatic rings. The Morgan fingerprint density at radius 2 is 1.57 bits per heavy atom. The van der Waals surface area contributed by atoms with Gasteiger partial charge in [0.1, 0.15) is 23.0 Å². The van der Waals surface area contributed by atoms with Gasteiger partial charge in [-0.3, -0.25) is 9.78 Å². The van der Waals surface area contributed by atoms with Gasteiger partial charge in [0.05, 0.1) is 0 Å². The summed E-state index contributed by atoms with van der Waals surface area (Å²) in [5, 5.41) is 3.59. The van der Waals surface area contributed by atoms with Crippen molar-refractivity contribution in [3.63, 3.8) is 0 Å². The molecule has 3 aromatic carbocycles. The maximum absolute atomic E-state index is 13.7. The van der Waals surface area contributed by atoms with Crippen LogP contribution in [0.15, 0.2) is 115 Å². The number of ether oxygens (including phenoxy) is 1. The first-order valence-electron chi connectivity index (χ1n) is 13.5. The first-order chi connectivity index (χ1) is 19.6. The van der Waals surface area contributed by atoms with E-state index in [2.05, 4.69) is 39.5 Å². The van der Waals surface area contributed by atoms with Crippen molar-refractivity contribution in [2.75, 3.05) is 24.5 Å². The Labute approximate surface area is 234 Å². The van der Waals surface area contributed by atoms with Crippen molar-refractivity contribution in [1.29, 1.82) is 0 Å². The molecule has 5 aromatic rings. The molecule has 1 unspecified atom stereocenters. The van der Waals surface area contributed by atoms with Crippen molar-refractivity contribution < 1.29 is 9.53 Å². The number of nitrogens with one attached hydrogen (secondary N) is 1. The molecule has 1 fully saturated rings. The summed E-state index contributed by atoms with van der Waals surface area (Å²) >= 11 is 0. The van der Waals surface area contributed by atoms with Crippen molar-refractivity contribution in [2.24, 2.45) is 0 Å². The minimum Gasteiger partial charge on any atom is -0.457 e. The molecule has 0 radical (unpaired) electrons. The maximum atomic E-state index is 13.7. The first kappa shape index (κ1) is 25.5. The van der Waals surface area contributed by atoms with Crippen LogP contribution in [-0.4, -0.2) is 35.4 Å². The van der Waals surface area contributed by atoms with Gasteiger partial charge in [-0.2, -0.15) is 0 Å². The normalized spacial score (nSPS) is 15.0. The summed E-state index contributed by atoms with van der Waals surface area (Å²) in [6, 6.07) is 35.7. The summed E-state index contributed by atoms with van der Waals surface area (Å²) in [5.74, 6) is 2.21. The molecule has 1 atom stereocenters. The van der Waals surface area contributed by atoms with E-state index in [4.69, 9.17) is 9.72 Å². The van der Waals surface area contributed by atoms with E-state index in [0.717, 1.165) is 48.1 Å². The number of hydrogen-bond donors (Lipinski definition) is 1. The van der Waals surface area contributed by atoms with E-state index in [9.17, 15) is 4.79 Å². The number of aryl methyl sites for hydroxylation is 1. The second kappa shape index (κ2) is 11.5. The number of aromatic nitrogens is 2. The summed E-state index contributed by atoms with van der Waals surface area (Å²) in [5.41, 5.74) is 4.71. The van der Waals surface area contributed by atoms with Crippen molar-refractivity contribution >= 4 is 11.6 Å². The molecule has 3 heterocycles. The summed E-state index contributed by atoms with van der Waals surface area (Å²) in [7, 11) is 0. The predicted octanol–water partition coefficient (Wildman–Crippen LogP) is 6.63. The molecule has 1 aliphatic heterocycles. The van der Waals surface area contributed by atoms with Crippen LogP contribution in [0.25, 0.3) is 11.1 Å². The molecule has 0 bridgehead atoms. The Hall–Kier alpha value is -4.81. The molecule has 0 aliphatic carbocycles. The van der Waals surface area contributed by atoms with Crippen LogP contribution in [-0.2, 0) is 0 Å². The molecule has 0 saturated carbocycles. The Balaban J connectivity index is 1.21. The zero-order valence-corrected chi connectivity index (χ0v) is 22.3. The molecule has 6 rings (SSSR count). The van der Waals surface area contributed by atoms with Gasteiger partial charge in [-0.25, -0.2) is 4.98 Å². The number of anilines is 1. The molecular formula is C34H30N4O2. The fourth-order valence-electron chi connectivity index (χ4n) is 4.99. The molecule has 2 aromatic heterocycles. The Kier molecular flexibility index (Phi) is 7.33. The number of rotatable bonds is 7. The highest BCUT2D eigenvalue weighted by molar-refractivity contribution is 6.09. The van der Waals surface area contributed by atoms with Gasteiger partial charge in [0.25, 0.3) is 0 Å². The summed E-state index contributed by atoms with van der Waals surface area (Å²) < 4.78 is 5.92. The topological polar surface area (TPSA) is 67.3 Å². The molecule has 1 N–H and O–H groups in total.